The van der Waals surface area contributed by atoms with E-state index < -0.39 is 17.3 Å². The maximum absolute atomic E-state index is 12.6. The smallest absolute Gasteiger partial charge is 0.316 e. The third-order valence-corrected chi connectivity index (χ3v) is 6.08. The topological polar surface area (TPSA) is 112 Å². The van der Waals surface area contributed by atoms with Crippen LogP contribution in [0.3, 0.4) is 0 Å². The molecule has 1 saturated heterocycles. The first-order chi connectivity index (χ1) is 16.3. The second-order valence-corrected chi connectivity index (χ2v) is 8.76. The Morgan fingerprint density at radius 2 is 1.85 bits per heavy atom. The van der Waals surface area contributed by atoms with E-state index in [2.05, 4.69) is 9.97 Å². The van der Waals surface area contributed by atoms with Crippen LogP contribution >= 0.6 is 11.8 Å². The summed E-state index contributed by atoms with van der Waals surface area (Å²) in [6.07, 6.45) is 1.12. The molecule has 0 spiro atoms. The van der Waals surface area contributed by atoms with Crippen molar-refractivity contribution in [2.24, 2.45) is 5.92 Å². The third kappa shape index (κ3) is 5.45. The van der Waals surface area contributed by atoms with Crippen LogP contribution in [0.15, 0.2) is 57.0 Å². The average Bonchev–Trinajstić information content (AvgIpc) is 3.20. The number of nitrogens with zero attached hydrogens (tertiary/aromatic N) is 3. The van der Waals surface area contributed by atoms with Crippen LogP contribution in [0.4, 0.5) is 5.69 Å². The monoisotopic (exact) mass is 481 g/mol. The lowest BCUT2D eigenvalue weighted by Crippen LogP contribution is -2.28. The summed E-state index contributed by atoms with van der Waals surface area (Å²) in [7, 11) is 1.56. The number of esters is 1. The van der Waals surface area contributed by atoms with Crippen LogP contribution in [-0.4, -0.2) is 35.5 Å². The SMILES string of the molecule is COc1ccc(N2C[C@@H](C(=O)Oc3coc(CSc4nc(C)cc(C)n4)cc3=O)CC2=O)cc1. The minimum Gasteiger partial charge on any atom is -0.497 e. The van der Waals surface area contributed by atoms with Crippen molar-refractivity contribution >= 4 is 29.3 Å². The molecule has 0 radical (unpaired) electrons. The van der Waals surface area contributed by atoms with Gasteiger partial charge in [0.25, 0.3) is 0 Å². The summed E-state index contributed by atoms with van der Waals surface area (Å²) in [5.74, 6) is -0.327. The van der Waals surface area contributed by atoms with E-state index in [0.29, 0.717) is 28.1 Å². The maximum atomic E-state index is 12.6. The van der Waals surface area contributed by atoms with E-state index in [1.54, 1.807) is 31.4 Å². The first kappa shape index (κ1) is 23.5. The van der Waals surface area contributed by atoms with Crippen LogP contribution in [0.1, 0.15) is 23.6 Å². The third-order valence-electron chi connectivity index (χ3n) is 5.21. The molecule has 4 rings (SSSR count). The fourth-order valence-corrected chi connectivity index (χ4v) is 4.39. The Morgan fingerprint density at radius 1 is 1.15 bits per heavy atom. The number of hydrogen-bond acceptors (Lipinski definition) is 9. The van der Waals surface area contributed by atoms with Crippen LogP contribution in [-0.2, 0) is 15.3 Å². The van der Waals surface area contributed by atoms with E-state index in [4.69, 9.17) is 13.9 Å². The van der Waals surface area contributed by atoms with Gasteiger partial charge in [-0.1, -0.05) is 11.8 Å². The molecule has 1 amide bonds. The standard InChI is InChI=1S/C24H23N3O6S/c1-14-8-15(2)26-24(25-14)34-13-19-10-20(28)21(12-32-19)33-23(30)16-9-22(29)27(11-16)17-4-6-18(31-3)7-5-17/h4-8,10,12,16H,9,11,13H2,1-3H3/t16-/m0/s1. The molecule has 1 aliphatic heterocycles. The summed E-state index contributed by atoms with van der Waals surface area (Å²) < 4.78 is 15.9. The number of benzene rings is 1. The summed E-state index contributed by atoms with van der Waals surface area (Å²) in [5.41, 5.74) is 1.90. The highest BCUT2D eigenvalue weighted by Crippen LogP contribution is 2.28. The van der Waals surface area contributed by atoms with Gasteiger partial charge < -0.3 is 18.8 Å². The Labute approximate surface area is 200 Å². The number of amides is 1. The number of carbonyl (C=O) groups is 2. The van der Waals surface area contributed by atoms with Gasteiger partial charge >= 0.3 is 5.97 Å². The number of thioether (sulfide) groups is 1. The zero-order valence-electron chi connectivity index (χ0n) is 18.9. The second kappa shape index (κ2) is 10.1. The number of rotatable bonds is 7. The van der Waals surface area contributed by atoms with Crippen LogP contribution in [0.2, 0.25) is 0 Å². The molecule has 1 fully saturated rings. The molecule has 9 nitrogen and oxygen atoms in total. The van der Waals surface area contributed by atoms with Crippen molar-refractivity contribution in [2.75, 3.05) is 18.6 Å². The van der Waals surface area contributed by atoms with Gasteiger partial charge in [0.15, 0.2) is 5.16 Å². The van der Waals surface area contributed by atoms with Crippen LogP contribution in [0, 0.1) is 19.8 Å². The van der Waals surface area contributed by atoms with E-state index in [1.807, 2.05) is 19.9 Å². The summed E-state index contributed by atoms with van der Waals surface area (Å²) in [4.78, 5) is 47.7. The van der Waals surface area contributed by atoms with E-state index in [9.17, 15) is 14.4 Å². The van der Waals surface area contributed by atoms with E-state index in [1.165, 1.54) is 22.7 Å². The highest BCUT2D eigenvalue weighted by molar-refractivity contribution is 7.98. The van der Waals surface area contributed by atoms with Gasteiger partial charge in [-0.05, 0) is 44.2 Å². The summed E-state index contributed by atoms with van der Waals surface area (Å²) in [6.45, 7) is 3.94. The molecule has 0 aliphatic carbocycles. The van der Waals surface area contributed by atoms with E-state index >= 15 is 0 Å². The molecular formula is C24H23N3O6S. The molecule has 3 heterocycles. The Morgan fingerprint density at radius 3 is 2.50 bits per heavy atom. The molecule has 0 unspecified atom stereocenters. The Balaban J connectivity index is 1.37. The Hall–Kier alpha value is -3.66. The first-order valence-electron chi connectivity index (χ1n) is 10.6. The highest BCUT2D eigenvalue weighted by Gasteiger charge is 2.36. The molecule has 10 heteroatoms. The lowest BCUT2D eigenvalue weighted by atomic mass is 10.1. The van der Waals surface area contributed by atoms with Crippen molar-refractivity contribution in [3.05, 3.63) is 70.0 Å². The minimum atomic E-state index is -0.689. The van der Waals surface area contributed by atoms with E-state index in [-0.39, 0.29) is 24.6 Å². The molecule has 0 bridgehead atoms. The molecule has 1 atom stereocenters. The van der Waals surface area contributed by atoms with Crippen molar-refractivity contribution in [1.29, 1.82) is 0 Å². The van der Waals surface area contributed by atoms with Gasteiger partial charge in [0.05, 0.1) is 18.8 Å². The minimum absolute atomic E-state index is 0.000822. The Kier molecular flexibility index (Phi) is 6.97. The van der Waals surface area contributed by atoms with Crippen LogP contribution < -0.4 is 19.8 Å². The number of methoxy groups -OCH3 is 1. The molecule has 2 aromatic heterocycles. The van der Waals surface area contributed by atoms with Crippen molar-refractivity contribution in [1.82, 2.24) is 9.97 Å². The lowest BCUT2D eigenvalue weighted by Gasteiger charge is -2.16. The van der Waals surface area contributed by atoms with E-state index in [0.717, 1.165) is 17.7 Å². The number of aryl methyl sites for hydroxylation is 2. The quantitative estimate of drug-likeness (QED) is 0.285. The van der Waals surface area contributed by atoms with Gasteiger partial charge in [-0.25, -0.2) is 9.97 Å². The number of ether oxygens (including phenoxy) is 2. The molecule has 1 aliphatic rings. The molecule has 34 heavy (non-hydrogen) atoms. The van der Waals surface area contributed by atoms with Crippen LogP contribution in [0.5, 0.6) is 11.5 Å². The second-order valence-electron chi connectivity index (χ2n) is 7.82. The molecule has 176 valence electrons. The highest BCUT2D eigenvalue weighted by atomic mass is 32.2. The van der Waals surface area contributed by atoms with Gasteiger partial charge in [0.1, 0.15) is 17.8 Å². The van der Waals surface area contributed by atoms with Crippen molar-refractivity contribution < 1.29 is 23.5 Å². The normalized spacial score (nSPS) is 15.4. The summed E-state index contributed by atoms with van der Waals surface area (Å²) >= 11 is 1.34. The fourth-order valence-electron chi connectivity index (χ4n) is 3.55. The van der Waals surface area contributed by atoms with Gasteiger partial charge in [0.2, 0.25) is 17.1 Å². The largest absolute Gasteiger partial charge is 0.497 e. The molecular weight excluding hydrogens is 458 g/mol. The van der Waals surface area contributed by atoms with Gasteiger partial charge in [0, 0.05) is 36.1 Å². The zero-order valence-corrected chi connectivity index (χ0v) is 19.8. The van der Waals surface area contributed by atoms with Gasteiger partial charge in [-0.15, -0.1) is 0 Å². The van der Waals surface area contributed by atoms with Gasteiger partial charge in [-0.3, -0.25) is 14.4 Å². The van der Waals surface area contributed by atoms with Crippen molar-refractivity contribution in [3.8, 4) is 11.5 Å². The number of aromatic nitrogens is 2. The van der Waals surface area contributed by atoms with Crippen molar-refractivity contribution in [3.63, 3.8) is 0 Å². The number of anilines is 1. The molecule has 3 aromatic rings. The number of carbonyl (C=O) groups excluding carboxylic acids is 2. The van der Waals surface area contributed by atoms with Crippen LogP contribution in [0.25, 0.3) is 0 Å². The average molecular weight is 482 g/mol. The Bertz CT molecular complexity index is 1250. The molecule has 0 saturated carbocycles. The summed E-state index contributed by atoms with van der Waals surface area (Å²) in [5, 5.41) is 0.586. The fraction of sp³-hybridized carbons (Fsp3) is 0.292. The molecule has 0 N–H and O–H groups in total. The predicted molar refractivity (Wildman–Crippen MR) is 125 cm³/mol. The maximum Gasteiger partial charge on any atom is 0.316 e. The molecule has 1 aromatic carbocycles. The zero-order chi connectivity index (χ0) is 24.2. The predicted octanol–water partition coefficient (Wildman–Crippen LogP) is 3.31. The number of hydrogen-bond donors (Lipinski definition) is 0. The van der Waals surface area contributed by atoms with Crippen molar-refractivity contribution in [2.45, 2.75) is 31.2 Å². The first-order valence-corrected chi connectivity index (χ1v) is 11.5. The summed E-state index contributed by atoms with van der Waals surface area (Å²) in [6, 6.07) is 10.1. The lowest BCUT2D eigenvalue weighted by molar-refractivity contribution is -0.139. The van der Waals surface area contributed by atoms with Gasteiger partial charge in [-0.2, -0.15) is 0 Å².